The Labute approximate surface area is 171 Å². The van der Waals surface area contributed by atoms with Crippen molar-refractivity contribution >= 4 is 39.3 Å². The van der Waals surface area contributed by atoms with Crippen molar-refractivity contribution in [2.75, 3.05) is 26.8 Å². The van der Waals surface area contributed by atoms with Crippen molar-refractivity contribution in [1.29, 1.82) is 0 Å². The van der Waals surface area contributed by atoms with Crippen LogP contribution < -0.4 is 5.32 Å². The van der Waals surface area contributed by atoms with Crippen LogP contribution >= 0.6 is 27.3 Å². The second kappa shape index (κ2) is 8.85. The first kappa shape index (κ1) is 22.1. The number of amides is 1. The van der Waals surface area contributed by atoms with E-state index < -0.39 is 23.5 Å². The summed E-state index contributed by atoms with van der Waals surface area (Å²) in [6.07, 6.45) is -0.310. The van der Waals surface area contributed by atoms with Gasteiger partial charge >= 0.3 is 12.1 Å². The minimum Gasteiger partial charge on any atom is -0.466 e. The predicted octanol–water partition coefficient (Wildman–Crippen LogP) is 2.87. The van der Waals surface area contributed by atoms with E-state index in [4.69, 9.17) is 14.2 Å². The summed E-state index contributed by atoms with van der Waals surface area (Å²) >= 11 is 4.83. The summed E-state index contributed by atoms with van der Waals surface area (Å²) in [4.78, 5) is 29.8. The molecule has 2 rings (SSSR count). The Morgan fingerprint density at radius 1 is 1.48 bits per heavy atom. The Morgan fingerprint density at radius 2 is 2.19 bits per heavy atom. The summed E-state index contributed by atoms with van der Waals surface area (Å²) in [5.41, 5.74) is -1.36. The van der Waals surface area contributed by atoms with Crippen LogP contribution in [-0.4, -0.2) is 60.5 Å². The topological polar surface area (TPSA) is 90.0 Å². The zero-order valence-electron chi connectivity index (χ0n) is 16.2. The quantitative estimate of drug-likeness (QED) is 0.490. The normalized spacial score (nSPS) is 22.8. The number of rotatable bonds is 7. The van der Waals surface area contributed by atoms with Gasteiger partial charge in [0.05, 0.1) is 6.61 Å². The van der Waals surface area contributed by atoms with E-state index in [9.17, 15) is 9.59 Å². The number of ether oxygens (including phenoxy) is 3. The van der Waals surface area contributed by atoms with Crippen LogP contribution in [0, 0.1) is 0 Å². The zero-order valence-corrected chi connectivity index (χ0v) is 18.6. The van der Waals surface area contributed by atoms with E-state index in [-0.39, 0.29) is 5.97 Å². The molecule has 8 nitrogen and oxygen atoms in total. The van der Waals surface area contributed by atoms with Gasteiger partial charge in [0.25, 0.3) is 0 Å². The molecule has 152 valence electrons. The molecule has 10 heteroatoms. The molecule has 0 bridgehead atoms. The van der Waals surface area contributed by atoms with Gasteiger partial charge in [-0.25, -0.2) is 9.78 Å². The van der Waals surface area contributed by atoms with Crippen molar-refractivity contribution in [1.82, 2.24) is 15.2 Å². The second-order valence-electron chi connectivity index (χ2n) is 7.28. The molecule has 27 heavy (non-hydrogen) atoms. The number of aromatic nitrogens is 1. The van der Waals surface area contributed by atoms with E-state index in [2.05, 4.69) is 26.2 Å². The van der Waals surface area contributed by atoms with Gasteiger partial charge in [-0.05, 0) is 43.1 Å². The highest BCUT2D eigenvalue weighted by Crippen LogP contribution is 2.42. The molecule has 1 aromatic heterocycles. The lowest BCUT2D eigenvalue weighted by Gasteiger charge is -2.55. The lowest BCUT2D eigenvalue weighted by molar-refractivity contribution is -0.190. The minimum absolute atomic E-state index is 0.305. The molecule has 0 aliphatic carbocycles. The summed E-state index contributed by atoms with van der Waals surface area (Å²) in [6.45, 7) is 8.33. The van der Waals surface area contributed by atoms with E-state index in [1.54, 1.807) is 7.11 Å². The SMILES string of the molecule is CO[C@@]1(c2nc(Br)cs2)CN(CCCOC(C)=O)[C@@H]1NC(=O)OC(C)(C)C. The van der Waals surface area contributed by atoms with Crippen LogP contribution in [0.3, 0.4) is 0 Å². The number of nitrogens with one attached hydrogen (secondary N) is 1. The Morgan fingerprint density at radius 3 is 2.70 bits per heavy atom. The molecule has 0 spiro atoms. The van der Waals surface area contributed by atoms with Crippen LogP contribution in [0.15, 0.2) is 9.98 Å². The van der Waals surface area contributed by atoms with Crippen molar-refractivity contribution in [3.8, 4) is 0 Å². The number of halogens is 1. The molecule has 1 saturated heterocycles. The number of thiazole rings is 1. The number of hydrogen-bond acceptors (Lipinski definition) is 8. The summed E-state index contributed by atoms with van der Waals surface area (Å²) < 4.78 is 16.9. The number of nitrogens with zero attached hydrogens (tertiary/aromatic N) is 2. The lowest BCUT2D eigenvalue weighted by Crippen LogP contribution is -2.74. The van der Waals surface area contributed by atoms with Gasteiger partial charge < -0.3 is 19.5 Å². The number of hydrogen-bond donors (Lipinski definition) is 1. The van der Waals surface area contributed by atoms with Crippen LogP contribution in [0.5, 0.6) is 0 Å². The molecule has 2 heterocycles. The molecule has 0 unspecified atom stereocenters. The van der Waals surface area contributed by atoms with Gasteiger partial charge in [0.2, 0.25) is 0 Å². The first-order chi connectivity index (χ1) is 12.6. The average molecular weight is 464 g/mol. The van der Waals surface area contributed by atoms with Crippen molar-refractivity contribution in [3.63, 3.8) is 0 Å². The van der Waals surface area contributed by atoms with Crippen LogP contribution in [0.25, 0.3) is 0 Å². The third-order valence-electron chi connectivity index (χ3n) is 4.00. The van der Waals surface area contributed by atoms with Crippen LogP contribution in [0.2, 0.25) is 0 Å². The van der Waals surface area contributed by atoms with Gasteiger partial charge in [0.15, 0.2) is 5.60 Å². The van der Waals surface area contributed by atoms with Gasteiger partial charge in [0, 0.05) is 32.5 Å². The number of methoxy groups -OCH3 is 1. The highest BCUT2D eigenvalue weighted by Gasteiger charge is 2.57. The van der Waals surface area contributed by atoms with E-state index >= 15 is 0 Å². The van der Waals surface area contributed by atoms with Crippen molar-refractivity contribution < 1.29 is 23.8 Å². The number of carbonyl (C=O) groups is 2. The Kier molecular flexibility index (Phi) is 7.23. The van der Waals surface area contributed by atoms with Gasteiger partial charge in [-0.2, -0.15) is 0 Å². The highest BCUT2D eigenvalue weighted by atomic mass is 79.9. The maximum Gasteiger partial charge on any atom is 0.409 e. The van der Waals surface area contributed by atoms with Crippen LogP contribution in [-0.2, 0) is 24.6 Å². The number of esters is 1. The third-order valence-corrected chi connectivity index (χ3v) is 5.71. The van der Waals surface area contributed by atoms with Crippen molar-refractivity contribution in [2.24, 2.45) is 0 Å². The molecule has 2 atom stereocenters. The summed E-state index contributed by atoms with van der Waals surface area (Å²) in [6, 6.07) is 0. The molecule has 0 radical (unpaired) electrons. The van der Waals surface area contributed by atoms with Gasteiger partial charge in [-0.3, -0.25) is 9.69 Å². The summed E-state index contributed by atoms with van der Waals surface area (Å²) in [5, 5.41) is 5.56. The molecule has 0 saturated carbocycles. The lowest BCUT2D eigenvalue weighted by atomic mass is 9.89. The maximum absolute atomic E-state index is 12.4. The van der Waals surface area contributed by atoms with Gasteiger partial charge in [0.1, 0.15) is 21.4 Å². The number of alkyl carbamates (subject to hydrolysis) is 1. The van der Waals surface area contributed by atoms with E-state index in [1.165, 1.54) is 18.3 Å². The summed E-state index contributed by atoms with van der Waals surface area (Å²) in [7, 11) is 1.61. The third kappa shape index (κ3) is 5.63. The fourth-order valence-corrected chi connectivity index (χ4v) is 4.32. The average Bonchev–Trinajstić information content (AvgIpc) is 2.96. The second-order valence-corrected chi connectivity index (χ2v) is 8.95. The van der Waals surface area contributed by atoms with E-state index in [0.717, 1.165) is 9.61 Å². The Hall–Kier alpha value is -1.23. The first-order valence-electron chi connectivity index (χ1n) is 8.61. The van der Waals surface area contributed by atoms with E-state index in [0.29, 0.717) is 26.1 Å². The molecular weight excluding hydrogens is 438 g/mol. The van der Waals surface area contributed by atoms with Gasteiger partial charge in [-0.15, -0.1) is 11.3 Å². The first-order valence-corrected chi connectivity index (χ1v) is 10.3. The molecule has 1 aliphatic rings. The fraction of sp³-hybridized carbons (Fsp3) is 0.706. The molecule has 1 fully saturated rings. The molecule has 1 N–H and O–H groups in total. The van der Waals surface area contributed by atoms with Crippen molar-refractivity contribution in [2.45, 2.75) is 51.5 Å². The molecule has 0 aromatic carbocycles. The van der Waals surface area contributed by atoms with Crippen LogP contribution in [0.1, 0.15) is 39.1 Å². The van der Waals surface area contributed by atoms with E-state index in [1.807, 2.05) is 31.1 Å². The number of likely N-dealkylation sites (tertiary alicyclic amines) is 1. The minimum atomic E-state index is -0.755. The summed E-state index contributed by atoms with van der Waals surface area (Å²) in [5.74, 6) is -0.305. The standard InChI is InChI=1S/C17H26BrN3O5S/c1-11(22)25-8-6-7-21-10-17(24-5,14-19-12(18)9-27-14)13(21)20-15(23)26-16(2,3)4/h9,13H,6-8,10H2,1-5H3,(H,20,23)/t13-,17-/m0/s1. The molecule has 1 aliphatic heterocycles. The zero-order chi connectivity index (χ0) is 20.2. The Bertz CT molecular complexity index is 678. The van der Waals surface area contributed by atoms with Gasteiger partial charge in [-0.1, -0.05) is 0 Å². The Balaban J connectivity index is 2.11. The fourth-order valence-electron chi connectivity index (χ4n) is 2.88. The number of carbonyl (C=O) groups excluding carboxylic acids is 2. The molecular formula is C17H26BrN3O5S. The predicted molar refractivity (Wildman–Crippen MR) is 104 cm³/mol. The van der Waals surface area contributed by atoms with Crippen molar-refractivity contribution in [3.05, 3.63) is 15.0 Å². The molecule has 1 amide bonds. The largest absolute Gasteiger partial charge is 0.466 e. The monoisotopic (exact) mass is 463 g/mol. The van der Waals surface area contributed by atoms with Crippen LogP contribution in [0.4, 0.5) is 4.79 Å². The molecule has 1 aromatic rings. The smallest absolute Gasteiger partial charge is 0.409 e. The highest BCUT2D eigenvalue weighted by molar-refractivity contribution is 9.10. The maximum atomic E-state index is 12.4.